The van der Waals surface area contributed by atoms with E-state index in [1.807, 2.05) is 0 Å². The number of thioether (sulfide) groups is 2. The van der Waals surface area contributed by atoms with Crippen molar-refractivity contribution in [3.63, 3.8) is 0 Å². The largest absolute Gasteiger partial charge is 0.394 e. The lowest BCUT2D eigenvalue weighted by Gasteiger charge is -2.52. The van der Waals surface area contributed by atoms with Crippen molar-refractivity contribution >= 4 is 23.5 Å². The van der Waals surface area contributed by atoms with Crippen LogP contribution in [0.4, 0.5) is 0 Å². The zero-order chi connectivity index (χ0) is 27.2. The lowest BCUT2D eigenvalue weighted by Crippen LogP contribution is -2.69. The molecule has 0 bridgehead atoms. The van der Waals surface area contributed by atoms with Gasteiger partial charge in [0, 0.05) is 0 Å². The Morgan fingerprint density at radius 2 is 1.00 bits per heavy atom. The predicted molar refractivity (Wildman–Crippen MR) is 117 cm³/mol. The fraction of sp³-hybridized carbons (Fsp3) is 1.00. The van der Waals surface area contributed by atoms with Crippen LogP contribution >= 0.6 is 23.5 Å². The summed E-state index contributed by atoms with van der Waals surface area (Å²) in [6, 6.07) is 0. The third-order valence-corrected chi connectivity index (χ3v) is 9.39. The molecule has 0 aromatic carbocycles. The summed E-state index contributed by atoms with van der Waals surface area (Å²) in [7, 11) is 0. The van der Waals surface area contributed by atoms with Crippen LogP contribution in [0.5, 0.6) is 0 Å². The summed E-state index contributed by atoms with van der Waals surface area (Å²) < 4.78 is 15.7. The molecule has 0 amide bonds. The minimum Gasteiger partial charge on any atom is -0.394 e. The van der Waals surface area contributed by atoms with Crippen LogP contribution in [0.15, 0.2) is 0 Å². The van der Waals surface area contributed by atoms with Gasteiger partial charge in [-0.1, -0.05) is 23.5 Å². The maximum absolute atomic E-state index is 11.2. The van der Waals surface area contributed by atoms with E-state index in [2.05, 4.69) is 0 Å². The predicted octanol–water partition coefficient (Wildman–Crippen LogP) is -7.50. The molecule has 3 rings (SSSR count). The van der Waals surface area contributed by atoms with E-state index in [4.69, 9.17) is 14.2 Å². The van der Waals surface area contributed by atoms with Crippen LogP contribution in [0.2, 0.25) is 0 Å². The van der Waals surface area contributed by atoms with Gasteiger partial charge in [0.05, 0.1) is 19.8 Å². The third kappa shape index (κ3) is 5.27. The molecule has 0 aliphatic carbocycles. The fourth-order valence-electron chi connectivity index (χ4n) is 4.13. The van der Waals surface area contributed by atoms with E-state index in [0.29, 0.717) is 0 Å². The van der Waals surface area contributed by atoms with Crippen LogP contribution in [0.3, 0.4) is 0 Å². The van der Waals surface area contributed by atoms with Crippen molar-refractivity contribution < 1.29 is 80.6 Å². The number of aliphatic hydroxyl groups excluding tert-OH is 11. The topological polar surface area (TPSA) is 291 Å². The Hall–Kier alpha value is 0.0600. The minimum absolute atomic E-state index is 0.172. The normalized spacial score (nSPS) is 54.4. The van der Waals surface area contributed by atoms with Gasteiger partial charge in [0.25, 0.3) is 0 Å². The second kappa shape index (κ2) is 11.7. The average Bonchev–Trinajstić information content (AvgIpc) is 2.86. The summed E-state index contributed by atoms with van der Waals surface area (Å²) in [5, 5.41) is 132. The van der Waals surface area contributed by atoms with Gasteiger partial charge in [0.15, 0.2) is 16.2 Å². The summed E-state index contributed by atoms with van der Waals surface area (Å²) >= 11 is 0.394. The zero-order valence-corrected chi connectivity index (χ0v) is 20.1. The summed E-state index contributed by atoms with van der Waals surface area (Å²) in [5.41, 5.74) is -3.32. The molecule has 0 aromatic rings. The van der Waals surface area contributed by atoms with Crippen molar-refractivity contribution in [2.24, 2.45) is 0 Å². The molecule has 212 valence electrons. The van der Waals surface area contributed by atoms with Gasteiger partial charge in [0.1, 0.15) is 71.9 Å². The Morgan fingerprint density at radius 3 is 1.50 bits per heavy atom. The van der Waals surface area contributed by atoms with Crippen LogP contribution in [0.1, 0.15) is 0 Å². The quantitative estimate of drug-likeness (QED) is 0.127. The Balaban J connectivity index is 1.82. The number of rotatable bonds is 7. The number of aliphatic hydroxyl groups is 13. The second-order valence-corrected chi connectivity index (χ2v) is 11.4. The van der Waals surface area contributed by atoms with E-state index in [1.54, 1.807) is 0 Å². The van der Waals surface area contributed by atoms with Crippen LogP contribution < -0.4 is 0 Å². The van der Waals surface area contributed by atoms with E-state index in [9.17, 15) is 66.4 Å². The van der Waals surface area contributed by atoms with Crippen LogP contribution in [-0.4, -0.2) is 174 Å². The maximum Gasteiger partial charge on any atom is 0.184 e. The molecule has 0 saturated carbocycles. The summed E-state index contributed by atoms with van der Waals surface area (Å²) in [5.74, 6) is 0. The Morgan fingerprint density at radius 1 is 0.528 bits per heavy atom. The highest BCUT2D eigenvalue weighted by Crippen LogP contribution is 2.49. The molecule has 15 atom stereocenters. The second-order valence-electron chi connectivity index (χ2n) is 8.68. The van der Waals surface area contributed by atoms with Gasteiger partial charge in [-0.15, -0.1) is 0 Å². The first kappa shape index (κ1) is 30.6. The maximum atomic E-state index is 11.2. The molecule has 3 aliphatic heterocycles. The molecule has 36 heavy (non-hydrogen) atoms. The van der Waals surface area contributed by atoms with Gasteiger partial charge in [-0.25, -0.2) is 0 Å². The van der Waals surface area contributed by atoms with E-state index in [-0.39, 0.29) is 23.5 Å². The molecule has 0 radical (unpaired) electrons. The molecule has 18 heteroatoms. The molecule has 0 aromatic heterocycles. The first-order valence-corrected chi connectivity index (χ1v) is 12.6. The van der Waals surface area contributed by atoms with Gasteiger partial charge >= 0.3 is 0 Å². The molecule has 3 fully saturated rings. The Bertz CT molecular complexity index is 729. The molecular weight excluding hydrogens is 536 g/mol. The highest BCUT2D eigenvalue weighted by atomic mass is 32.2. The van der Waals surface area contributed by atoms with Crippen molar-refractivity contribution in [3.8, 4) is 0 Å². The van der Waals surface area contributed by atoms with Crippen molar-refractivity contribution in [2.75, 3.05) is 19.8 Å². The van der Waals surface area contributed by atoms with Gasteiger partial charge < -0.3 is 80.6 Å². The number of hydrogen-bond acceptors (Lipinski definition) is 18. The molecule has 16 nitrogen and oxygen atoms in total. The molecule has 3 aliphatic rings. The van der Waals surface area contributed by atoms with Crippen molar-refractivity contribution in [3.05, 3.63) is 0 Å². The Kier molecular flexibility index (Phi) is 9.91. The standard InChI is InChI=1S/C18H32O16S2/c19-1-4-7(22)8(23)9(24)15(32-4)35-18(31)6(3-21)34-16(11(26)13(18)28)36-17(30)5(2-20)33-14(29)10(25)12(17)27/h4-16,19-31H,1-3H2/t4-,5-,6-,7-,8+,9-,10-,11-,12-,13-,14+,15+,16+,17+,18-/m1/s1. The van der Waals surface area contributed by atoms with Gasteiger partial charge in [-0.05, 0) is 0 Å². The zero-order valence-electron chi connectivity index (χ0n) is 18.5. The molecule has 0 unspecified atom stereocenters. The van der Waals surface area contributed by atoms with Crippen molar-refractivity contribution in [2.45, 2.75) is 88.1 Å². The minimum atomic E-state index is -2.63. The molecule has 13 N–H and O–H groups in total. The fourth-order valence-corrected chi connectivity index (χ4v) is 6.98. The first-order chi connectivity index (χ1) is 16.8. The molecule has 0 spiro atoms. The van der Waals surface area contributed by atoms with E-state index in [1.165, 1.54) is 0 Å². The first-order valence-electron chi connectivity index (χ1n) is 10.8. The third-order valence-electron chi connectivity index (χ3n) is 6.38. The van der Waals surface area contributed by atoms with E-state index in [0.717, 1.165) is 0 Å². The van der Waals surface area contributed by atoms with Crippen molar-refractivity contribution in [1.29, 1.82) is 0 Å². The number of hydrogen-bond donors (Lipinski definition) is 13. The molecule has 3 heterocycles. The van der Waals surface area contributed by atoms with Gasteiger partial charge in [0.2, 0.25) is 0 Å². The van der Waals surface area contributed by atoms with Gasteiger partial charge in [-0.3, -0.25) is 0 Å². The molecule has 3 saturated heterocycles. The van der Waals surface area contributed by atoms with Crippen LogP contribution in [0.25, 0.3) is 0 Å². The number of ether oxygens (including phenoxy) is 3. The lowest BCUT2D eigenvalue weighted by molar-refractivity contribution is -0.297. The average molecular weight is 569 g/mol. The van der Waals surface area contributed by atoms with E-state index >= 15 is 0 Å². The summed E-state index contributed by atoms with van der Waals surface area (Å²) in [6.07, 6.45) is -20.6. The summed E-state index contributed by atoms with van der Waals surface area (Å²) in [6.45, 7) is -2.75. The highest BCUT2D eigenvalue weighted by molar-refractivity contribution is 8.01. The Labute approximate surface area is 212 Å². The van der Waals surface area contributed by atoms with Crippen molar-refractivity contribution in [1.82, 2.24) is 0 Å². The smallest absolute Gasteiger partial charge is 0.184 e. The van der Waals surface area contributed by atoms with E-state index < -0.39 is 108 Å². The highest BCUT2D eigenvalue weighted by Gasteiger charge is 2.62. The molecular formula is C18H32O16S2. The van der Waals surface area contributed by atoms with Crippen LogP contribution in [-0.2, 0) is 14.2 Å². The van der Waals surface area contributed by atoms with Gasteiger partial charge in [-0.2, -0.15) is 0 Å². The summed E-state index contributed by atoms with van der Waals surface area (Å²) in [4.78, 5) is -5.24. The lowest BCUT2D eigenvalue weighted by atomic mass is 9.98. The monoisotopic (exact) mass is 568 g/mol. The SMILES string of the molecule is OC[C@H]1O[C@@H](S[C@@]2(O)[C@H](O)[C@@H](O)[C@H](S[C@]3(O)[C@H](O)[C@@H](O)[C@@H](O)O[C@@H]3CO)O[C@@H]2CO)[C@H](O)[C@@H](O)[C@@H]1O. The van der Waals surface area contributed by atoms with Crippen LogP contribution in [0, 0.1) is 0 Å².